The molecule has 5 aliphatic rings. The smallest absolute Gasteiger partial charge is 0.170 e. The molecule has 5 heteroatoms. The van der Waals surface area contributed by atoms with Crippen molar-refractivity contribution in [1.29, 1.82) is 0 Å². The molecular weight excluding hydrogens is 320 g/mol. The van der Waals surface area contributed by atoms with Crippen LogP contribution in [0.25, 0.3) is 0 Å². The van der Waals surface area contributed by atoms with Crippen molar-refractivity contribution in [2.24, 2.45) is 34.0 Å². The van der Waals surface area contributed by atoms with Crippen LogP contribution >= 0.6 is 0 Å². The summed E-state index contributed by atoms with van der Waals surface area (Å²) in [5, 5.41) is 33.7. The van der Waals surface area contributed by atoms with Gasteiger partial charge in [-0.1, -0.05) is 26.8 Å². The Morgan fingerprint density at radius 3 is 2.68 bits per heavy atom. The zero-order valence-electron chi connectivity index (χ0n) is 15.0. The maximum Gasteiger partial charge on any atom is 0.170 e. The topological polar surface area (TPSA) is 87.0 Å². The van der Waals surface area contributed by atoms with E-state index >= 15 is 0 Å². The molecule has 1 saturated heterocycles. The highest BCUT2D eigenvalue weighted by Crippen LogP contribution is 2.75. The van der Waals surface area contributed by atoms with E-state index in [-0.39, 0.29) is 29.0 Å². The van der Waals surface area contributed by atoms with E-state index in [0.29, 0.717) is 18.6 Å². The van der Waals surface area contributed by atoms with Crippen LogP contribution in [-0.2, 0) is 9.53 Å². The summed E-state index contributed by atoms with van der Waals surface area (Å²) in [5.41, 5.74) is -1.35. The predicted octanol–water partition coefficient (Wildman–Crippen LogP) is 1.40. The van der Waals surface area contributed by atoms with E-state index in [4.69, 9.17) is 4.74 Å². The molecule has 138 valence electrons. The molecule has 0 aromatic carbocycles. The van der Waals surface area contributed by atoms with Gasteiger partial charge in [-0.3, -0.25) is 4.79 Å². The fourth-order valence-corrected chi connectivity index (χ4v) is 7.89. The first-order chi connectivity index (χ1) is 11.6. The van der Waals surface area contributed by atoms with Crippen molar-refractivity contribution >= 4 is 5.78 Å². The summed E-state index contributed by atoms with van der Waals surface area (Å²) in [6.45, 7) is 8.76. The van der Waals surface area contributed by atoms with Crippen molar-refractivity contribution < 1.29 is 24.9 Å². The van der Waals surface area contributed by atoms with Crippen molar-refractivity contribution in [3.63, 3.8) is 0 Å². The zero-order valence-corrected chi connectivity index (χ0v) is 15.0. The van der Waals surface area contributed by atoms with Gasteiger partial charge in [0.05, 0.1) is 24.2 Å². The minimum atomic E-state index is -1.45. The average molecular weight is 348 g/mol. The number of hydrogen-bond acceptors (Lipinski definition) is 5. The number of aliphatic hydroxyl groups excluding tert-OH is 2. The lowest BCUT2D eigenvalue weighted by molar-refractivity contribution is -0.293. The Hall–Kier alpha value is -0.750. The molecule has 0 aromatic rings. The quantitative estimate of drug-likeness (QED) is 0.576. The third-order valence-corrected chi connectivity index (χ3v) is 8.72. The molecule has 2 bridgehead atoms. The van der Waals surface area contributed by atoms with Gasteiger partial charge >= 0.3 is 0 Å². The predicted molar refractivity (Wildman–Crippen MR) is 89.3 cm³/mol. The second-order valence-corrected chi connectivity index (χ2v) is 9.99. The number of carbonyl (C=O) groups excluding carboxylic acids is 1. The molecule has 3 N–H and O–H groups in total. The summed E-state index contributed by atoms with van der Waals surface area (Å²) in [7, 11) is 0. The van der Waals surface area contributed by atoms with Crippen LogP contribution in [0.1, 0.15) is 46.0 Å². The van der Waals surface area contributed by atoms with Gasteiger partial charge in [0.25, 0.3) is 0 Å². The highest BCUT2D eigenvalue weighted by molar-refractivity contribution is 6.04. The minimum Gasteiger partial charge on any atom is -0.392 e. The van der Waals surface area contributed by atoms with Crippen LogP contribution in [0.4, 0.5) is 0 Å². The molecule has 0 aromatic heterocycles. The number of rotatable bonds is 0. The average Bonchev–Trinajstić information content (AvgIpc) is 2.89. The second kappa shape index (κ2) is 4.38. The van der Waals surface area contributed by atoms with Gasteiger partial charge in [0.1, 0.15) is 0 Å². The van der Waals surface area contributed by atoms with Crippen molar-refractivity contribution in [1.82, 2.24) is 0 Å². The van der Waals surface area contributed by atoms with Gasteiger partial charge < -0.3 is 20.1 Å². The van der Waals surface area contributed by atoms with Crippen LogP contribution in [0.15, 0.2) is 12.2 Å². The minimum absolute atomic E-state index is 0.00983. The monoisotopic (exact) mass is 348 g/mol. The van der Waals surface area contributed by atoms with Crippen LogP contribution in [0.2, 0.25) is 0 Å². The summed E-state index contributed by atoms with van der Waals surface area (Å²) in [5.74, 6) is -2.61. The van der Waals surface area contributed by atoms with E-state index in [1.807, 2.05) is 0 Å². The van der Waals surface area contributed by atoms with Crippen molar-refractivity contribution in [3.8, 4) is 0 Å². The number of carbonyl (C=O) groups is 1. The lowest BCUT2D eigenvalue weighted by Crippen LogP contribution is -2.71. The lowest BCUT2D eigenvalue weighted by Gasteiger charge is -2.64. The molecule has 4 saturated carbocycles. The fourth-order valence-electron chi connectivity index (χ4n) is 7.89. The first kappa shape index (κ1) is 16.4. The molecule has 8 atom stereocenters. The summed E-state index contributed by atoms with van der Waals surface area (Å²) < 4.78 is 6.02. The van der Waals surface area contributed by atoms with E-state index in [0.717, 1.165) is 19.3 Å². The number of ether oxygens (including phenoxy) is 1. The van der Waals surface area contributed by atoms with Gasteiger partial charge in [0.15, 0.2) is 11.6 Å². The summed E-state index contributed by atoms with van der Waals surface area (Å²) in [4.78, 5) is 13.3. The van der Waals surface area contributed by atoms with Gasteiger partial charge in [0, 0.05) is 23.7 Å². The Morgan fingerprint density at radius 2 is 1.96 bits per heavy atom. The van der Waals surface area contributed by atoms with E-state index in [9.17, 15) is 20.1 Å². The Balaban J connectivity index is 1.77. The highest BCUT2D eigenvalue weighted by atomic mass is 16.6. The summed E-state index contributed by atoms with van der Waals surface area (Å²) in [6, 6.07) is 0. The first-order valence-corrected chi connectivity index (χ1v) is 9.57. The molecule has 5 nitrogen and oxygen atoms in total. The third kappa shape index (κ3) is 1.51. The number of ketones is 1. The van der Waals surface area contributed by atoms with Crippen molar-refractivity contribution in [2.45, 2.75) is 63.9 Å². The highest BCUT2D eigenvalue weighted by Gasteiger charge is 2.82. The number of fused-ring (bicyclic) bond motifs is 1. The van der Waals surface area contributed by atoms with Crippen molar-refractivity contribution in [3.05, 3.63) is 12.2 Å². The molecule has 0 radical (unpaired) electrons. The molecular formula is C20H28O5. The fraction of sp³-hybridized carbons (Fsp3) is 0.850. The first-order valence-electron chi connectivity index (χ1n) is 9.57. The molecule has 1 aliphatic heterocycles. The van der Waals surface area contributed by atoms with E-state index in [1.165, 1.54) is 0 Å². The van der Waals surface area contributed by atoms with Crippen LogP contribution in [-0.4, -0.2) is 45.7 Å². The molecule has 5 rings (SSSR count). The standard InChI is InChI=1S/C20H28O5/c1-10-11-8-19(24)16-18(9-25-19)6-4-5-17(2,3)12(18)7-13(21)20(16,14(10)22)15(11)23/h11-13,15-16,21,23-24H,1,4-9H2,2-3H3/t11-,12-,13-,15-,16-,18+,19-,20-/m1/s1. The van der Waals surface area contributed by atoms with Gasteiger partial charge in [-0.05, 0) is 36.2 Å². The molecule has 0 unspecified atom stereocenters. The van der Waals surface area contributed by atoms with Gasteiger partial charge in [-0.2, -0.15) is 0 Å². The van der Waals surface area contributed by atoms with Crippen LogP contribution in [0.5, 0.6) is 0 Å². The molecule has 25 heavy (non-hydrogen) atoms. The SMILES string of the molecule is C=C1C(=O)[C@]23[C@H](O)C[C@@H]4C(C)(C)CCC[C@]45CO[C@](O)(C[C@H]1[C@H]2O)[C@@H]53. The molecule has 0 amide bonds. The van der Waals surface area contributed by atoms with E-state index in [1.54, 1.807) is 0 Å². The summed E-state index contributed by atoms with van der Waals surface area (Å²) >= 11 is 0. The van der Waals surface area contributed by atoms with Gasteiger partial charge in [-0.25, -0.2) is 0 Å². The van der Waals surface area contributed by atoms with Gasteiger partial charge in [0.2, 0.25) is 0 Å². The van der Waals surface area contributed by atoms with Crippen LogP contribution in [0.3, 0.4) is 0 Å². The zero-order chi connectivity index (χ0) is 18.0. The normalized spacial score (nSPS) is 58.8. The Labute approximate surface area is 148 Å². The Morgan fingerprint density at radius 1 is 1.24 bits per heavy atom. The Kier molecular flexibility index (Phi) is 2.88. The number of hydrogen-bond donors (Lipinski definition) is 3. The molecule has 2 spiro atoms. The van der Waals surface area contributed by atoms with Crippen LogP contribution < -0.4 is 0 Å². The van der Waals surface area contributed by atoms with Gasteiger partial charge in [-0.15, -0.1) is 0 Å². The third-order valence-electron chi connectivity index (χ3n) is 8.72. The largest absolute Gasteiger partial charge is 0.392 e. The summed E-state index contributed by atoms with van der Waals surface area (Å²) in [6.07, 6.45) is 1.69. The van der Waals surface area contributed by atoms with Crippen molar-refractivity contribution in [2.75, 3.05) is 6.61 Å². The maximum absolute atomic E-state index is 13.3. The van der Waals surface area contributed by atoms with Crippen LogP contribution in [0, 0.1) is 34.0 Å². The molecule has 4 aliphatic carbocycles. The van der Waals surface area contributed by atoms with E-state index < -0.39 is 35.2 Å². The maximum atomic E-state index is 13.3. The number of aliphatic hydroxyl groups is 3. The molecule has 5 fully saturated rings. The number of Topliss-reactive ketones (excluding diaryl/α,β-unsaturated/α-hetero) is 1. The lowest BCUT2D eigenvalue weighted by atomic mass is 9.39. The second-order valence-electron chi connectivity index (χ2n) is 9.99. The van der Waals surface area contributed by atoms with E-state index in [2.05, 4.69) is 20.4 Å². The molecule has 1 heterocycles. The Bertz CT molecular complexity index is 686.